The largest absolute Gasteiger partial charge is 0.488 e. The quantitative estimate of drug-likeness (QED) is 0.732. The van der Waals surface area contributed by atoms with Crippen LogP contribution in [0.1, 0.15) is 12.6 Å². The van der Waals surface area contributed by atoms with Crippen LogP contribution in [-0.4, -0.2) is 21.1 Å². The Bertz CT molecular complexity index is 850. The molecule has 0 saturated carbocycles. The zero-order chi connectivity index (χ0) is 13.7. The van der Waals surface area contributed by atoms with Gasteiger partial charge in [0.1, 0.15) is 23.4 Å². The molecule has 0 bridgehead atoms. The van der Waals surface area contributed by atoms with Crippen LogP contribution in [-0.2, 0) is 5.54 Å². The zero-order valence-corrected chi connectivity index (χ0v) is 11.0. The standard InChI is InChI=1S/C15H13N3O2/c1-15(12-7-2-3-8-16-12)9-20-11-6-4-5-10-13(11)18(15)14(19)17-10/h2-8H,9H2,1H3,(H,17,19). The molecule has 0 saturated heterocycles. The van der Waals surface area contributed by atoms with Gasteiger partial charge in [-0.05, 0) is 31.2 Å². The van der Waals surface area contributed by atoms with E-state index in [4.69, 9.17) is 4.74 Å². The second-order valence-corrected chi connectivity index (χ2v) is 5.20. The van der Waals surface area contributed by atoms with Crippen LogP contribution in [0.5, 0.6) is 5.75 Å². The molecule has 2 aromatic heterocycles. The van der Waals surface area contributed by atoms with Crippen LogP contribution in [0.4, 0.5) is 0 Å². The molecule has 4 rings (SSSR count). The first-order chi connectivity index (χ1) is 9.70. The fraction of sp³-hybridized carbons (Fsp3) is 0.200. The second-order valence-electron chi connectivity index (χ2n) is 5.20. The number of rotatable bonds is 1. The molecule has 1 N–H and O–H groups in total. The van der Waals surface area contributed by atoms with E-state index >= 15 is 0 Å². The maximum atomic E-state index is 12.4. The first-order valence-electron chi connectivity index (χ1n) is 6.49. The molecule has 3 aromatic rings. The molecule has 100 valence electrons. The van der Waals surface area contributed by atoms with Gasteiger partial charge in [-0.15, -0.1) is 0 Å². The van der Waals surface area contributed by atoms with Gasteiger partial charge in [-0.1, -0.05) is 12.1 Å². The van der Waals surface area contributed by atoms with Crippen molar-refractivity contribution in [3.8, 4) is 5.75 Å². The van der Waals surface area contributed by atoms with Gasteiger partial charge in [0.05, 0.1) is 11.2 Å². The summed E-state index contributed by atoms with van der Waals surface area (Å²) in [6.45, 7) is 2.35. The van der Waals surface area contributed by atoms with Crippen molar-refractivity contribution in [2.75, 3.05) is 6.61 Å². The number of para-hydroxylation sites is 1. The fourth-order valence-electron chi connectivity index (χ4n) is 2.87. The van der Waals surface area contributed by atoms with E-state index in [1.165, 1.54) is 0 Å². The third-order valence-corrected chi connectivity index (χ3v) is 3.89. The van der Waals surface area contributed by atoms with E-state index in [1.54, 1.807) is 10.8 Å². The van der Waals surface area contributed by atoms with Gasteiger partial charge in [0, 0.05) is 6.20 Å². The number of hydrogen-bond acceptors (Lipinski definition) is 3. The van der Waals surface area contributed by atoms with Crippen molar-refractivity contribution in [1.82, 2.24) is 14.5 Å². The van der Waals surface area contributed by atoms with Crippen LogP contribution in [0.25, 0.3) is 11.0 Å². The van der Waals surface area contributed by atoms with E-state index in [0.717, 1.165) is 22.5 Å². The fourth-order valence-corrected chi connectivity index (χ4v) is 2.87. The predicted octanol–water partition coefficient (Wildman–Crippen LogP) is 1.88. The Morgan fingerprint density at radius 3 is 3.00 bits per heavy atom. The number of hydrogen-bond donors (Lipinski definition) is 1. The van der Waals surface area contributed by atoms with E-state index in [-0.39, 0.29) is 5.69 Å². The molecular weight excluding hydrogens is 254 g/mol. The molecule has 0 fully saturated rings. The molecule has 1 atom stereocenters. The number of pyridine rings is 1. The summed E-state index contributed by atoms with van der Waals surface area (Å²) in [6.07, 6.45) is 1.73. The molecule has 0 amide bonds. The zero-order valence-electron chi connectivity index (χ0n) is 11.0. The lowest BCUT2D eigenvalue weighted by Gasteiger charge is -2.34. The van der Waals surface area contributed by atoms with Gasteiger partial charge >= 0.3 is 5.69 Å². The summed E-state index contributed by atoms with van der Waals surface area (Å²) in [4.78, 5) is 19.7. The molecule has 1 aliphatic rings. The lowest BCUT2D eigenvalue weighted by molar-refractivity contribution is 0.182. The van der Waals surface area contributed by atoms with Crippen LogP contribution >= 0.6 is 0 Å². The average molecular weight is 267 g/mol. The Morgan fingerprint density at radius 2 is 2.20 bits per heavy atom. The van der Waals surface area contributed by atoms with E-state index in [2.05, 4.69) is 9.97 Å². The molecule has 1 aromatic carbocycles. The molecule has 20 heavy (non-hydrogen) atoms. The van der Waals surface area contributed by atoms with Crippen molar-refractivity contribution >= 4 is 11.0 Å². The third kappa shape index (κ3) is 1.32. The van der Waals surface area contributed by atoms with Crippen LogP contribution in [0, 0.1) is 0 Å². The van der Waals surface area contributed by atoms with E-state index in [9.17, 15) is 4.79 Å². The van der Waals surface area contributed by atoms with Gasteiger partial charge in [0.15, 0.2) is 0 Å². The monoisotopic (exact) mass is 267 g/mol. The number of ether oxygens (including phenoxy) is 1. The number of aromatic amines is 1. The number of H-pyrrole nitrogens is 1. The summed E-state index contributed by atoms with van der Waals surface area (Å²) in [6, 6.07) is 11.3. The minimum Gasteiger partial charge on any atom is -0.488 e. The minimum absolute atomic E-state index is 0.135. The first-order valence-corrected chi connectivity index (χ1v) is 6.49. The molecule has 1 unspecified atom stereocenters. The summed E-state index contributed by atoms with van der Waals surface area (Å²) < 4.78 is 7.61. The number of nitrogens with zero attached hydrogens (tertiary/aromatic N) is 2. The second kappa shape index (κ2) is 3.72. The molecule has 0 aliphatic carbocycles. The minimum atomic E-state index is -0.606. The highest BCUT2D eigenvalue weighted by molar-refractivity contribution is 5.83. The van der Waals surface area contributed by atoms with Crippen molar-refractivity contribution in [3.63, 3.8) is 0 Å². The van der Waals surface area contributed by atoms with Crippen LogP contribution in [0.15, 0.2) is 47.4 Å². The Kier molecular flexibility index (Phi) is 2.10. The van der Waals surface area contributed by atoms with Crippen molar-refractivity contribution < 1.29 is 4.74 Å². The molecule has 0 spiro atoms. The normalized spacial score (nSPS) is 20.9. The maximum absolute atomic E-state index is 12.4. The van der Waals surface area contributed by atoms with Gasteiger partial charge in [0.25, 0.3) is 0 Å². The Hall–Kier alpha value is -2.56. The maximum Gasteiger partial charge on any atom is 0.327 e. The number of aromatic nitrogens is 3. The van der Waals surface area contributed by atoms with Gasteiger partial charge in [0.2, 0.25) is 0 Å². The number of nitrogens with one attached hydrogen (secondary N) is 1. The molecule has 5 heteroatoms. The van der Waals surface area contributed by atoms with Crippen molar-refractivity contribution in [2.24, 2.45) is 0 Å². The van der Waals surface area contributed by atoms with Gasteiger partial charge in [-0.25, -0.2) is 4.79 Å². The van der Waals surface area contributed by atoms with Gasteiger partial charge < -0.3 is 9.72 Å². The predicted molar refractivity (Wildman–Crippen MR) is 75.0 cm³/mol. The number of imidazole rings is 1. The van der Waals surface area contributed by atoms with E-state index in [1.807, 2.05) is 43.3 Å². The van der Waals surface area contributed by atoms with Crippen LogP contribution in [0.3, 0.4) is 0 Å². The van der Waals surface area contributed by atoms with E-state index < -0.39 is 5.54 Å². The molecule has 0 radical (unpaired) electrons. The lowest BCUT2D eigenvalue weighted by Crippen LogP contribution is -2.46. The highest BCUT2D eigenvalue weighted by Crippen LogP contribution is 2.36. The molecular formula is C15H13N3O2. The highest BCUT2D eigenvalue weighted by atomic mass is 16.5. The van der Waals surface area contributed by atoms with E-state index in [0.29, 0.717) is 6.61 Å². The summed E-state index contributed by atoms with van der Waals surface area (Å²) in [5.74, 6) is 0.731. The smallest absolute Gasteiger partial charge is 0.327 e. The third-order valence-electron chi connectivity index (χ3n) is 3.89. The van der Waals surface area contributed by atoms with Crippen LogP contribution < -0.4 is 10.4 Å². The average Bonchev–Trinajstić information content (AvgIpc) is 2.83. The first kappa shape index (κ1) is 11.3. The lowest BCUT2D eigenvalue weighted by atomic mass is 9.96. The van der Waals surface area contributed by atoms with Crippen molar-refractivity contribution in [1.29, 1.82) is 0 Å². The Labute approximate surface area is 114 Å². The van der Waals surface area contributed by atoms with Gasteiger partial charge in [-0.3, -0.25) is 9.55 Å². The summed E-state index contributed by atoms with van der Waals surface area (Å²) in [5.41, 5.74) is 1.66. The van der Waals surface area contributed by atoms with Crippen LogP contribution in [0.2, 0.25) is 0 Å². The van der Waals surface area contributed by atoms with Gasteiger partial charge in [-0.2, -0.15) is 0 Å². The molecule has 3 heterocycles. The molecule has 5 nitrogen and oxygen atoms in total. The SMILES string of the molecule is CC1(c2ccccn2)COc2cccc3[nH]c(=O)n1c23. The summed E-state index contributed by atoms with van der Waals surface area (Å²) in [7, 11) is 0. The topological polar surface area (TPSA) is 59.9 Å². The van der Waals surface area contributed by atoms with Crippen molar-refractivity contribution in [3.05, 3.63) is 58.8 Å². The Morgan fingerprint density at radius 1 is 1.30 bits per heavy atom. The van der Waals surface area contributed by atoms with Crippen molar-refractivity contribution in [2.45, 2.75) is 12.5 Å². The Balaban J connectivity index is 2.09. The summed E-state index contributed by atoms with van der Waals surface area (Å²) in [5, 5.41) is 0. The summed E-state index contributed by atoms with van der Waals surface area (Å²) >= 11 is 0. The molecule has 1 aliphatic heterocycles. The number of benzene rings is 1. The highest BCUT2D eigenvalue weighted by Gasteiger charge is 2.38.